The van der Waals surface area contributed by atoms with E-state index in [1.54, 1.807) is 0 Å². The molecule has 0 N–H and O–H groups in total. The van der Waals surface area contributed by atoms with Crippen LogP contribution < -0.4 is 4.74 Å². The summed E-state index contributed by atoms with van der Waals surface area (Å²) in [5.41, 5.74) is 3.66. The first kappa shape index (κ1) is 15.2. The van der Waals surface area contributed by atoms with Crippen molar-refractivity contribution in [2.45, 2.75) is 70.0 Å². The van der Waals surface area contributed by atoms with E-state index in [2.05, 4.69) is 26.0 Å². The smallest absolute Gasteiger partial charge is 0.125 e. The number of rotatable bonds is 3. The van der Waals surface area contributed by atoms with E-state index in [4.69, 9.17) is 21.1 Å². The van der Waals surface area contributed by atoms with E-state index in [9.17, 15) is 0 Å². The highest BCUT2D eigenvalue weighted by Gasteiger charge is 2.40. The number of halogens is 1. The molecule has 21 heavy (non-hydrogen) atoms. The molecule has 2 fully saturated rings. The zero-order chi connectivity index (χ0) is 14.9. The second-order valence-corrected chi connectivity index (χ2v) is 6.93. The lowest BCUT2D eigenvalue weighted by Crippen LogP contribution is -2.41. The van der Waals surface area contributed by atoms with Crippen molar-refractivity contribution in [2.75, 3.05) is 6.61 Å². The van der Waals surface area contributed by atoms with Gasteiger partial charge in [0.1, 0.15) is 11.9 Å². The Labute approximate surface area is 132 Å². The Morgan fingerprint density at radius 1 is 1.24 bits per heavy atom. The minimum absolute atomic E-state index is 0.112. The standard InChI is InChI=1S/C18H25ClO2/c1-13-9-15(12-19)10-14(2)17(13)21-16-5-8-20-18(11-16)6-3-4-7-18/h9-10,16H,3-8,11-12H2,1-2H3. The molecule has 1 heterocycles. The molecule has 2 aliphatic rings. The lowest BCUT2D eigenvalue weighted by atomic mass is 9.90. The van der Waals surface area contributed by atoms with Gasteiger partial charge in [-0.1, -0.05) is 25.0 Å². The summed E-state index contributed by atoms with van der Waals surface area (Å²) in [5.74, 6) is 1.60. The van der Waals surface area contributed by atoms with Crippen molar-refractivity contribution in [2.24, 2.45) is 0 Å². The van der Waals surface area contributed by atoms with Crippen molar-refractivity contribution in [3.63, 3.8) is 0 Å². The fraction of sp³-hybridized carbons (Fsp3) is 0.667. The van der Waals surface area contributed by atoms with E-state index < -0.39 is 0 Å². The monoisotopic (exact) mass is 308 g/mol. The Kier molecular flexibility index (Phi) is 4.46. The minimum Gasteiger partial charge on any atom is -0.490 e. The topological polar surface area (TPSA) is 18.5 Å². The molecular weight excluding hydrogens is 284 g/mol. The highest BCUT2D eigenvalue weighted by atomic mass is 35.5. The third kappa shape index (κ3) is 3.22. The molecule has 3 rings (SSSR count). The predicted molar refractivity (Wildman–Crippen MR) is 86.3 cm³/mol. The quantitative estimate of drug-likeness (QED) is 0.738. The van der Waals surface area contributed by atoms with Gasteiger partial charge in [0, 0.05) is 18.7 Å². The van der Waals surface area contributed by atoms with Crippen molar-refractivity contribution >= 4 is 11.6 Å². The first-order valence-electron chi connectivity index (χ1n) is 8.09. The van der Waals surface area contributed by atoms with E-state index in [0.717, 1.165) is 25.2 Å². The predicted octanol–water partition coefficient (Wildman–Crippen LogP) is 4.91. The van der Waals surface area contributed by atoms with Gasteiger partial charge in [0.15, 0.2) is 0 Å². The summed E-state index contributed by atoms with van der Waals surface area (Å²) in [5, 5.41) is 0. The van der Waals surface area contributed by atoms with Crippen LogP contribution in [-0.4, -0.2) is 18.3 Å². The molecule has 0 bridgehead atoms. The van der Waals surface area contributed by atoms with Gasteiger partial charge in [0.05, 0.1) is 12.2 Å². The normalized spacial score (nSPS) is 24.4. The van der Waals surface area contributed by atoms with E-state index in [1.807, 2.05) is 0 Å². The Balaban J connectivity index is 1.74. The summed E-state index contributed by atoms with van der Waals surface area (Å²) < 4.78 is 12.5. The highest BCUT2D eigenvalue weighted by molar-refractivity contribution is 6.17. The Bertz CT molecular complexity index is 483. The summed E-state index contributed by atoms with van der Waals surface area (Å²) in [4.78, 5) is 0. The van der Waals surface area contributed by atoms with Crippen molar-refractivity contribution in [3.8, 4) is 5.75 Å². The van der Waals surface area contributed by atoms with Crippen LogP contribution in [0.1, 0.15) is 55.2 Å². The molecule has 1 atom stereocenters. The van der Waals surface area contributed by atoms with Gasteiger partial charge in [-0.2, -0.15) is 0 Å². The Morgan fingerprint density at radius 3 is 2.52 bits per heavy atom. The van der Waals surface area contributed by atoms with Crippen molar-refractivity contribution in [1.29, 1.82) is 0 Å². The van der Waals surface area contributed by atoms with Crippen LogP contribution in [0.4, 0.5) is 0 Å². The fourth-order valence-corrected chi connectivity index (χ4v) is 4.08. The molecule has 1 aliphatic carbocycles. The van der Waals surface area contributed by atoms with Crippen LogP contribution >= 0.6 is 11.6 Å². The lowest BCUT2D eigenvalue weighted by Gasteiger charge is -2.38. The molecule has 1 saturated heterocycles. The van der Waals surface area contributed by atoms with Gasteiger partial charge in [0.25, 0.3) is 0 Å². The molecule has 1 unspecified atom stereocenters. The second-order valence-electron chi connectivity index (χ2n) is 6.66. The number of ether oxygens (including phenoxy) is 2. The van der Waals surface area contributed by atoms with Gasteiger partial charge in [-0.25, -0.2) is 0 Å². The molecular formula is C18H25ClO2. The molecule has 116 valence electrons. The molecule has 0 amide bonds. The largest absolute Gasteiger partial charge is 0.490 e. The number of alkyl halides is 1. The van der Waals surface area contributed by atoms with Crippen LogP contribution in [0, 0.1) is 13.8 Å². The molecule has 1 aromatic rings. The van der Waals surface area contributed by atoms with Crippen molar-refractivity contribution in [1.82, 2.24) is 0 Å². The van der Waals surface area contributed by atoms with Gasteiger partial charge in [-0.15, -0.1) is 11.6 Å². The second kappa shape index (κ2) is 6.18. The zero-order valence-corrected chi connectivity index (χ0v) is 13.8. The minimum atomic E-state index is 0.112. The number of hydrogen-bond donors (Lipinski definition) is 0. The molecule has 1 saturated carbocycles. The van der Waals surface area contributed by atoms with Crippen LogP contribution in [0.15, 0.2) is 12.1 Å². The molecule has 1 aliphatic heterocycles. The van der Waals surface area contributed by atoms with E-state index in [0.29, 0.717) is 5.88 Å². The first-order chi connectivity index (χ1) is 10.1. The fourth-order valence-electron chi connectivity index (χ4n) is 3.92. The van der Waals surface area contributed by atoms with Crippen LogP contribution in [0.5, 0.6) is 5.75 Å². The summed E-state index contributed by atoms with van der Waals surface area (Å²) in [6, 6.07) is 4.28. The highest BCUT2D eigenvalue weighted by Crippen LogP contribution is 2.41. The lowest BCUT2D eigenvalue weighted by molar-refractivity contribution is -0.108. The SMILES string of the molecule is Cc1cc(CCl)cc(C)c1OC1CCOC2(CCCC2)C1. The third-order valence-electron chi connectivity index (χ3n) is 4.92. The van der Waals surface area contributed by atoms with Gasteiger partial charge in [-0.3, -0.25) is 0 Å². The molecule has 3 heteroatoms. The van der Waals surface area contributed by atoms with Crippen LogP contribution in [-0.2, 0) is 10.6 Å². The molecule has 0 aromatic heterocycles. The molecule has 0 radical (unpaired) electrons. The number of hydrogen-bond acceptors (Lipinski definition) is 2. The van der Waals surface area contributed by atoms with Gasteiger partial charge < -0.3 is 9.47 Å². The van der Waals surface area contributed by atoms with E-state index >= 15 is 0 Å². The summed E-state index contributed by atoms with van der Waals surface area (Å²) in [6.45, 7) is 5.06. The maximum Gasteiger partial charge on any atom is 0.125 e. The van der Waals surface area contributed by atoms with E-state index in [1.165, 1.54) is 42.4 Å². The van der Waals surface area contributed by atoms with Crippen LogP contribution in [0.3, 0.4) is 0 Å². The van der Waals surface area contributed by atoms with Crippen molar-refractivity contribution < 1.29 is 9.47 Å². The van der Waals surface area contributed by atoms with Gasteiger partial charge in [0.2, 0.25) is 0 Å². The first-order valence-corrected chi connectivity index (χ1v) is 8.62. The molecule has 1 spiro atoms. The maximum atomic E-state index is 6.38. The van der Waals surface area contributed by atoms with Gasteiger partial charge >= 0.3 is 0 Å². The number of benzene rings is 1. The van der Waals surface area contributed by atoms with Gasteiger partial charge in [-0.05, 0) is 43.4 Å². The average Bonchev–Trinajstić information content (AvgIpc) is 2.90. The van der Waals surface area contributed by atoms with Crippen LogP contribution in [0.25, 0.3) is 0 Å². The third-order valence-corrected chi connectivity index (χ3v) is 5.23. The average molecular weight is 309 g/mol. The summed E-state index contributed by atoms with van der Waals surface area (Å²) in [6.07, 6.45) is 7.34. The zero-order valence-electron chi connectivity index (χ0n) is 13.1. The summed E-state index contributed by atoms with van der Waals surface area (Å²) >= 11 is 5.94. The van der Waals surface area contributed by atoms with Crippen LogP contribution in [0.2, 0.25) is 0 Å². The Morgan fingerprint density at radius 2 is 1.90 bits per heavy atom. The molecule has 2 nitrogen and oxygen atoms in total. The summed E-state index contributed by atoms with van der Waals surface area (Å²) in [7, 11) is 0. The van der Waals surface area contributed by atoms with E-state index in [-0.39, 0.29) is 11.7 Å². The number of aryl methyl sites for hydroxylation is 2. The molecule has 1 aromatic carbocycles. The Hall–Kier alpha value is -0.730. The maximum absolute atomic E-state index is 6.38. The van der Waals surface area contributed by atoms with Crippen molar-refractivity contribution in [3.05, 3.63) is 28.8 Å².